The van der Waals surface area contributed by atoms with Crippen molar-refractivity contribution in [2.24, 2.45) is 0 Å². The molecule has 0 spiro atoms. The zero-order valence-corrected chi connectivity index (χ0v) is 18.1. The van der Waals surface area contributed by atoms with E-state index in [4.69, 9.17) is 4.98 Å². The lowest BCUT2D eigenvalue weighted by molar-refractivity contribution is 1.11. The Labute approximate surface area is 182 Å². The standard InChI is InChI=1S/C25H21N5Si/c1-30(24-18-27-23-17-26-19-28-25(23)29-24)31(20-11-5-2-6-12-20,21-13-7-3-8-14-21)22-15-9-4-10-16-22/h2-19H,1H3. The fourth-order valence-corrected chi connectivity index (χ4v) is 8.85. The second-order valence-corrected chi connectivity index (χ2v) is 11.2. The molecule has 0 radical (unpaired) electrons. The van der Waals surface area contributed by atoms with Gasteiger partial charge in [0.05, 0.1) is 12.4 Å². The van der Waals surface area contributed by atoms with E-state index in [9.17, 15) is 0 Å². The van der Waals surface area contributed by atoms with Gasteiger partial charge in [0.15, 0.2) is 5.65 Å². The average Bonchev–Trinajstić information content (AvgIpc) is 2.86. The summed E-state index contributed by atoms with van der Waals surface area (Å²) in [7, 11) is -0.547. The number of hydrogen-bond acceptors (Lipinski definition) is 5. The minimum Gasteiger partial charge on any atom is -0.373 e. The smallest absolute Gasteiger partial charge is 0.254 e. The molecule has 150 valence electrons. The molecule has 0 aliphatic carbocycles. The number of nitrogens with zero attached hydrogens (tertiary/aromatic N) is 5. The lowest BCUT2D eigenvalue weighted by Crippen LogP contribution is -2.77. The van der Waals surface area contributed by atoms with Crippen molar-refractivity contribution in [3.05, 3.63) is 110 Å². The molecule has 0 saturated carbocycles. The Morgan fingerprint density at radius 3 is 1.68 bits per heavy atom. The number of anilines is 1. The molecule has 0 saturated heterocycles. The van der Waals surface area contributed by atoms with Gasteiger partial charge in [-0.25, -0.2) is 19.9 Å². The molecule has 5 nitrogen and oxygen atoms in total. The average molecular weight is 420 g/mol. The van der Waals surface area contributed by atoms with Crippen LogP contribution in [0.2, 0.25) is 0 Å². The molecule has 0 aliphatic heterocycles. The third kappa shape index (κ3) is 3.27. The summed E-state index contributed by atoms with van der Waals surface area (Å²) in [5, 5.41) is 3.83. The molecule has 0 atom stereocenters. The molecule has 0 aliphatic rings. The highest BCUT2D eigenvalue weighted by Crippen LogP contribution is 2.20. The fraction of sp³-hybridized carbons (Fsp3) is 0.0400. The quantitative estimate of drug-likeness (QED) is 0.324. The van der Waals surface area contributed by atoms with Crippen LogP contribution in [-0.4, -0.2) is 35.2 Å². The van der Waals surface area contributed by atoms with Gasteiger partial charge in [0.2, 0.25) is 0 Å². The van der Waals surface area contributed by atoms with E-state index in [1.54, 1.807) is 6.20 Å². The fourth-order valence-electron chi connectivity index (χ4n) is 4.21. The van der Waals surface area contributed by atoms with Gasteiger partial charge in [-0.2, -0.15) is 0 Å². The molecule has 0 fully saturated rings. The molecule has 0 unspecified atom stereocenters. The number of aromatic nitrogens is 4. The van der Waals surface area contributed by atoms with Crippen LogP contribution in [0.1, 0.15) is 0 Å². The Bertz CT molecular complexity index is 1200. The number of fused-ring (bicyclic) bond motifs is 1. The predicted octanol–water partition coefficient (Wildman–Crippen LogP) is 2.52. The third-order valence-electron chi connectivity index (χ3n) is 5.63. The lowest BCUT2D eigenvalue weighted by atomic mass is 10.3. The van der Waals surface area contributed by atoms with Crippen LogP contribution >= 0.6 is 0 Å². The largest absolute Gasteiger partial charge is 0.373 e. The molecule has 2 heterocycles. The van der Waals surface area contributed by atoms with Crippen LogP contribution < -0.4 is 20.1 Å². The molecular weight excluding hydrogens is 398 g/mol. The van der Waals surface area contributed by atoms with Crippen molar-refractivity contribution in [3.63, 3.8) is 0 Å². The van der Waals surface area contributed by atoms with Gasteiger partial charge in [-0.1, -0.05) is 91.0 Å². The van der Waals surface area contributed by atoms with E-state index >= 15 is 0 Å². The van der Waals surface area contributed by atoms with E-state index < -0.39 is 8.24 Å². The highest BCUT2D eigenvalue weighted by atomic mass is 28.3. The van der Waals surface area contributed by atoms with E-state index in [0.717, 1.165) is 5.82 Å². The first-order valence-corrected chi connectivity index (χ1v) is 12.1. The van der Waals surface area contributed by atoms with Crippen LogP contribution in [0.3, 0.4) is 0 Å². The normalized spacial score (nSPS) is 11.4. The van der Waals surface area contributed by atoms with Crippen molar-refractivity contribution in [3.8, 4) is 0 Å². The molecule has 0 bridgehead atoms. The van der Waals surface area contributed by atoms with Gasteiger partial charge in [0, 0.05) is 7.05 Å². The number of hydrogen-bond donors (Lipinski definition) is 0. The summed E-state index contributed by atoms with van der Waals surface area (Å²) in [6, 6.07) is 32.2. The van der Waals surface area contributed by atoms with E-state index in [1.807, 2.05) is 6.20 Å². The van der Waals surface area contributed by atoms with Crippen molar-refractivity contribution < 1.29 is 0 Å². The van der Waals surface area contributed by atoms with Crippen LogP contribution in [0.15, 0.2) is 110 Å². The maximum atomic E-state index is 4.86. The zero-order valence-electron chi connectivity index (χ0n) is 17.1. The van der Waals surface area contributed by atoms with Crippen LogP contribution in [0.5, 0.6) is 0 Å². The van der Waals surface area contributed by atoms with Crippen LogP contribution in [-0.2, 0) is 0 Å². The van der Waals surface area contributed by atoms with Gasteiger partial charge in [0.1, 0.15) is 17.7 Å². The Morgan fingerprint density at radius 2 is 1.16 bits per heavy atom. The zero-order chi connectivity index (χ0) is 21.1. The molecule has 2 aromatic heterocycles. The summed E-state index contributed by atoms with van der Waals surface area (Å²) in [6.07, 6.45) is 5.02. The molecular formula is C25H21N5Si. The molecule has 6 heteroatoms. The molecule has 3 aromatic carbocycles. The first kappa shape index (κ1) is 19.1. The van der Waals surface area contributed by atoms with Gasteiger partial charge in [-0.3, -0.25) is 0 Å². The maximum Gasteiger partial charge on any atom is 0.254 e. The molecule has 5 rings (SSSR count). The van der Waals surface area contributed by atoms with Crippen molar-refractivity contribution in [2.45, 2.75) is 0 Å². The summed E-state index contributed by atoms with van der Waals surface area (Å²) in [5.74, 6) is 0.787. The summed E-state index contributed by atoms with van der Waals surface area (Å²) in [4.78, 5) is 17.8. The van der Waals surface area contributed by atoms with Gasteiger partial charge in [0.25, 0.3) is 8.24 Å². The molecule has 0 amide bonds. The minimum atomic E-state index is -2.67. The van der Waals surface area contributed by atoms with E-state index in [1.165, 1.54) is 21.9 Å². The summed E-state index contributed by atoms with van der Waals surface area (Å²) in [6.45, 7) is 0. The van der Waals surface area contributed by atoms with Gasteiger partial charge in [-0.05, 0) is 15.6 Å². The highest BCUT2D eigenvalue weighted by molar-refractivity contribution is 7.13. The molecule has 31 heavy (non-hydrogen) atoms. The second-order valence-electron chi connectivity index (χ2n) is 7.33. The molecule has 0 N–H and O–H groups in total. The van der Waals surface area contributed by atoms with Crippen molar-refractivity contribution in [1.29, 1.82) is 0 Å². The Morgan fingerprint density at radius 1 is 0.645 bits per heavy atom. The lowest BCUT2D eigenvalue weighted by Gasteiger charge is -2.41. The van der Waals surface area contributed by atoms with Crippen molar-refractivity contribution >= 4 is 40.8 Å². The molecule has 5 aromatic rings. The predicted molar refractivity (Wildman–Crippen MR) is 128 cm³/mol. The van der Waals surface area contributed by atoms with Crippen molar-refractivity contribution in [1.82, 2.24) is 19.9 Å². The SMILES string of the molecule is CN(c1cnc2cncnc2n1)[Si](c1ccccc1)(c1ccccc1)c1ccccc1. The monoisotopic (exact) mass is 419 g/mol. The Hall–Kier alpha value is -3.90. The van der Waals surface area contributed by atoms with Crippen LogP contribution in [0.25, 0.3) is 11.2 Å². The van der Waals surface area contributed by atoms with E-state index in [2.05, 4.69) is 118 Å². The summed E-state index contributed by atoms with van der Waals surface area (Å²) < 4.78 is 2.32. The van der Waals surface area contributed by atoms with Crippen LogP contribution in [0, 0.1) is 0 Å². The number of benzene rings is 3. The Balaban J connectivity index is 1.82. The van der Waals surface area contributed by atoms with Gasteiger partial charge < -0.3 is 4.57 Å². The number of rotatable bonds is 5. The summed E-state index contributed by atoms with van der Waals surface area (Å²) in [5.41, 5.74) is 1.28. The van der Waals surface area contributed by atoms with E-state index in [-0.39, 0.29) is 0 Å². The maximum absolute atomic E-state index is 4.86. The first-order chi connectivity index (χ1) is 15.3. The minimum absolute atomic E-state index is 0.594. The topological polar surface area (TPSA) is 54.8 Å². The second kappa shape index (κ2) is 8.08. The van der Waals surface area contributed by atoms with Gasteiger partial charge in [-0.15, -0.1) is 0 Å². The highest BCUT2D eigenvalue weighted by Gasteiger charge is 2.45. The first-order valence-electron chi connectivity index (χ1n) is 10.1. The van der Waals surface area contributed by atoms with E-state index in [0.29, 0.717) is 11.2 Å². The van der Waals surface area contributed by atoms with Crippen molar-refractivity contribution in [2.75, 3.05) is 11.6 Å². The third-order valence-corrected chi connectivity index (χ3v) is 10.4. The Kier molecular flexibility index (Phi) is 4.98. The van der Waals surface area contributed by atoms with Gasteiger partial charge >= 0.3 is 0 Å². The van der Waals surface area contributed by atoms with Crippen LogP contribution in [0.4, 0.5) is 5.82 Å². The summed E-state index contributed by atoms with van der Waals surface area (Å²) >= 11 is 0.